The van der Waals surface area contributed by atoms with E-state index in [1.54, 1.807) is 0 Å². The van der Waals surface area contributed by atoms with E-state index in [-0.39, 0.29) is 23.6 Å². The number of hydrogen-bond donors (Lipinski definition) is 1. The van der Waals surface area contributed by atoms with Crippen LogP contribution in [0.2, 0.25) is 0 Å². The largest absolute Gasteiger partial charge is 1.00 e. The maximum Gasteiger partial charge on any atom is 0.204 e. The first kappa shape index (κ1) is 13.8. The number of aliphatic imine (C=N–C) groups is 1. The van der Waals surface area contributed by atoms with Crippen molar-refractivity contribution in [3.05, 3.63) is 11.4 Å². The minimum atomic E-state index is 0. The van der Waals surface area contributed by atoms with Gasteiger partial charge in [-0.3, -0.25) is 4.48 Å². The lowest BCUT2D eigenvalue weighted by Crippen LogP contribution is -3.00. The normalized spacial score (nSPS) is 26.2. The van der Waals surface area contributed by atoms with Crippen molar-refractivity contribution in [3.63, 3.8) is 0 Å². The van der Waals surface area contributed by atoms with Gasteiger partial charge in [0.1, 0.15) is 5.70 Å². The number of nitrogens with zero attached hydrogens (tertiary/aromatic N) is 2. The van der Waals surface area contributed by atoms with E-state index in [2.05, 4.69) is 25.9 Å². The van der Waals surface area contributed by atoms with E-state index >= 15 is 0 Å². The smallest absolute Gasteiger partial charge is 0.204 e. The Morgan fingerprint density at radius 1 is 1.29 bits per heavy atom. The fourth-order valence-corrected chi connectivity index (χ4v) is 1.75. The Morgan fingerprint density at radius 3 is 2.21 bits per heavy atom. The number of rotatable bonds is 3. The van der Waals surface area contributed by atoms with Gasteiger partial charge in [0.15, 0.2) is 0 Å². The topological polar surface area (TPSA) is 32.6 Å². The molecule has 0 amide bonds. The first-order valence-corrected chi connectivity index (χ1v) is 4.72. The minimum absolute atomic E-state index is 0. The molecule has 0 saturated heterocycles. The molecule has 1 heterocycles. The minimum Gasteiger partial charge on any atom is -1.00 e. The highest BCUT2D eigenvalue weighted by molar-refractivity contribution is 5.77. The number of aliphatic hydroxyl groups is 1. The van der Waals surface area contributed by atoms with Crippen molar-refractivity contribution in [1.82, 2.24) is 0 Å². The predicted octanol–water partition coefficient (Wildman–Crippen LogP) is -1.50. The Bertz CT molecular complexity index is 273. The molecule has 1 aliphatic heterocycles. The Kier molecular flexibility index (Phi) is 4.98. The van der Waals surface area contributed by atoms with Gasteiger partial charge in [0.05, 0.1) is 19.3 Å². The average molecular weight is 263 g/mol. The molecule has 0 bridgehead atoms. The van der Waals surface area contributed by atoms with Crippen LogP contribution in [-0.2, 0) is 0 Å². The second-order valence-electron chi connectivity index (χ2n) is 3.82. The van der Waals surface area contributed by atoms with Gasteiger partial charge in [0.25, 0.3) is 0 Å². The average Bonchev–Trinajstić information content (AvgIpc) is 2.28. The summed E-state index contributed by atoms with van der Waals surface area (Å²) in [4.78, 5) is 4.46. The third kappa shape index (κ3) is 2.24. The number of allylic oxidation sites excluding steroid dienone is 2. The first-order valence-electron chi connectivity index (χ1n) is 4.72. The van der Waals surface area contributed by atoms with E-state index < -0.39 is 0 Å². The molecule has 14 heavy (non-hydrogen) atoms. The molecule has 1 unspecified atom stereocenters. The summed E-state index contributed by atoms with van der Waals surface area (Å²) in [5.74, 6) is 1.13. The van der Waals surface area contributed by atoms with Crippen LogP contribution in [0.4, 0.5) is 0 Å². The quantitative estimate of drug-likeness (QED) is 0.618. The molecular weight excluding hydrogens is 244 g/mol. The Balaban J connectivity index is 0.00000169. The van der Waals surface area contributed by atoms with Gasteiger partial charge in [-0.05, 0) is 6.92 Å². The van der Waals surface area contributed by atoms with Gasteiger partial charge in [-0.15, -0.1) is 0 Å². The molecule has 82 valence electrons. The summed E-state index contributed by atoms with van der Waals surface area (Å²) in [6, 6.07) is 0. The van der Waals surface area contributed by atoms with Crippen LogP contribution in [0.1, 0.15) is 27.2 Å². The summed E-state index contributed by atoms with van der Waals surface area (Å²) < 4.78 is 0.784. The van der Waals surface area contributed by atoms with Crippen molar-refractivity contribution in [2.24, 2.45) is 4.99 Å². The standard InChI is InChI=1S/C10H19N2O.BrH/c1-8-9(2)12(4,6-5-7-13)10(3)11-8;/h13H,5-7H2,1-4H3;1H/q+1;/p-1. The summed E-state index contributed by atoms with van der Waals surface area (Å²) in [7, 11) is 2.15. The van der Waals surface area contributed by atoms with Crippen LogP contribution in [-0.4, -0.2) is 35.6 Å². The highest BCUT2D eigenvalue weighted by Gasteiger charge is 2.34. The van der Waals surface area contributed by atoms with Crippen LogP contribution < -0.4 is 17.0 Å². The Morgan fingerprint density at radius 2 is 1.86 bits per heavy atom. The van der Waals surface area contributed by atoms with E-state index in [0.717, 1.165) is 29.0 Å². The Hall–Kier alpha value is -0.190. The maximum atomic E-state index is 8.81. The lowest BCUT2D eigenvalue weighted by Gasteiger charge is -2.29. The monoisotopic (exact) mass is 262 g/mol. The van der Waals surface area contributed by atoms with Gasteiger partial charge < -0.3 is 22.1 Å². The lowest BCUT2D eigenvalue weighted by atomic mass is 10.2. The molecular formula is C10H19BrN2O. The molecule has 1 atom stereocenters. The van der Waals surface area contributed by atoms with Gasteiger partial charge in [0.2, 0.25) is 5.84 Å². The maximum absolute atomic E-state index is 8.81. The molecule has 0 aromatic heterocycles. The summed E-state index contributed by atoms with van der Waals surface area (Å²) in [6.45, 7) is 7.41. The van der Waals surface area contributed by atoms with E-state index in [9.17, 15) is 0 Å². The molecule has 1 N–H and O–H groups in total. The molecule has 0 saturated carbocycles. The van der Waals surface area contributed by atoms with Crippen LogP contribution >= 0.6 is 0 Å². The first-order chi connectivity index (χ1) is 6.02. The van der Waals surface area contributed by atoms with Gasteiger partial charge in [-0.1, -0.05) is 0 Å². The van der Waals surface area contributed by atoms with E-state index in [1.165, 1.54) is 5.70 Å². The third-order valence-electron chi connectivity index (χ3n) is 3.07. The van der Waals surface area contributed by atoms with E-state index in [1.807, 2.05) is 6.92 Å². The van der Waals surface area contributed by atoms with Gasteiger partial charge in [-0.2, -0.15) is 4.99 Å². The van der Waals surface area contributed by atoms with Crippen molar-refractivity contribution in [1.29, 1.82) is 0 Å². The summed E-state index contributed by atoms with van der Waals surface area (Å²) >= 11 is 0. The summed E-state index contributed by atoms with van der Waals surface area (Å²) in [5.41, 5.74) is 2.42. The number of halogens is 1. The van der Waals surface area contributed by atoms with Gasteiger partial charge in [-0.25, -0.2) is 0 Å². The van der Waals surface area contributed by atoms with Gasteiger partial charge in [0, 0.05) is 26.9 Å². The zero-order valence-electron chi connectivity index (χ0n) is 9.34. The molecule has 0 aromatic carbocycles. The van der Waals surface area contributed by atoms with Crippen LogP contribution in [0.5, 0.6) is 0 Å². The fourth-order valence-electron chi connectivity index (χ4n) is 1.75. The molecule has 0 fully saturated rings. The summed E-state index contributed by atoms with van der Waals surface area (Å²) in [5, 5.41) is 8.81. The third-order valence-corrected chi connectivity index (χ3v) is 3.07. The van der Waals surface area contributed by atoms with Crippen molar-refractivity contribution >= 4 is 5.84 Å². The van der Waals surface area contributed by atoms with Gasteiger partial charge >= 0.3 is 0 Å². The summed E-state index contributed by atoms with van der Waals surface area (Å²) in [6.07, 6.45) is 0.827. The zero-order chi connectivity index (χ0) is 10.1. The second-order valence-corrected chi connectivity index (χ2v) is 3.82. The molecule has 0 aliphatic carbocycles. The highest BCUT2D eigenvalue weighted by atomic mass is 79.9. The molecule has 0 radical (unpaired) electrons. The fraction of sp³-hybridized carbons (Fsp3) is 0.700. The van der Waals surface area contributed by atoms with Crippen molar-refractivity contribution in [2.75, 3.05) is 20.2 Å². The highest BCUT2D eigenvalue weighted by Crippen LogP contribution is 2.27. The molecule has 4 heteroatoms. The molecule has 1 aliphatic rings. The molecule has 1 rings (SSSR count). The molecule has 0 spiro atoms. The molecule has 3 nitrogen and oxygen atoms in total. The van der Waals surface area contributed by atoms with Crippen molar-refractivity contribution < 1.29 is 26.6 Å². The van der Waals surface area contributed by atoms with E-state index in [4.69, 9.17) is 5.11 Å². The van der Waals surface area contributed by atoms with Crippen LogP contribution in [0, 0.1) is 0 Å². The number of aliphatic hydroxyl groups excluding tert-OH is 1. The second kappa shape index (κ2) is 5.05. The molecule has 0 aromatic rings. The van der Waals surface area contributed by atoms with Crippen LogP contribution in [0.25, 0.3) is 0 Å². The van der Waals surface area contributed by atoms with Crippen LogP contribution in [0.15, 0.2) is 16.4 Å². The number of quaternary nitrogens is 1. The number of hydrogen-bond acceptors (Lipinski definition) is 2. The SMILES string of the molecule is CC1=NC(C)=C(C)[N+]1(C)CCCO.[Br-]. The van der Waals surface area contributed by atoms with Crippen molar-refractivity contribution in [2.45, 2.75) is 27.2 Å². The number of amidine groups is 1. The van der Waals surface area contributed by atoms with Crippen LogP contribution in [0.3, 0.4) is 0 Å². The predicted molar refractivity (Wildman–Crippen MR) is 54.2 cm³/mol. The van der Waals surface area contributed by atoms with Crippen molar-refractivity contribution in [3.8, 4) is 0 Å². The zero-order valence-corrected chi connectivity index (χ0v) is 10.9. The Labute approximate surface area is 96.5 Å². The lowest BCUT2D eigenvalue weighted by molar-refractivity contribution is -0.779. The van der Waals surface area contributed by atoms with E-state index in [0.29, 0.717) is 0 Å².